The highest BCUT2D eigenvalue weighted by Gasteiger charge is 2.22. The van der Waals surface area contributed by atoms with Gasteiger partial charge in [0, 0.05) is 25.3 Å². The second kappa shape index (κ2) is 10.6. The largest absolute Gasteiger partial charge is 0.373 e. The Labute approximate surface area is 197 Å². The van der Waals surface area contributed by atoms with Crippen molar-refractivity contribution in [2.24, 2.45) is 10.7 Å². The maximum absolute atomic E-state index is 6.18. The van der Waals surface area contributed by atoms with Gasteiger partial charge in [-0.25, -0.2) is 4.99 Å². The number of aliphatic imine (C=N–C) groups is 1. The summed E-state index contributed by atoms with van der Waals surface area (Å²) in [7, 11) is 0. The summed E-state index contributed by atoms with van der Waals surface area (Å²) < 4.78 is 5.86. The molecule has 5 nitrogen and oxygen atoms in total. The first-order valence-corrected chi connectivity index (χ1v) is 10.7. The fourth-order valence-electron chi connectivity index (χ4n) is 4.53. The van der Waals surface area contributed by atoms with Crippen molar-refractivity contribution in [3.63, 3.8) is 0 Å². The third-order valence-electron chi connectivity index (χ3n) is 5.80. The minimum atomic E-state index is 0. The number of ether oxygens (including phenoxy) is 1. The van der Waals surface area contributed by atoms with Gasteiger partial charge in [-0.15, -0.1) is 24.0 Å². The molecule has 2 unspecified atom stereocenters. The predicted octanol–water partition coefficient (Wildman–Crippen LogP) is 4.33. The summed E-state index contributed by atoms with van der Waals surface area (Å²) in [5.74, 6) is 0.464. The number of nitrogens with two attached hydrogens (primary N) is 1. The quantitative estimate of drug-likeness (QED) is 0.350. The van der Waals surface area contributed by atoms with Crippen molar-refractivity contribution in [2.45, 2.75) is 58.4 Å². The monoisotopic (exact) mass is 520 g/mol. The molecule has 2 aromatic rings. The van der Waals surface area contributed by atoms with Crippen LogP contribution >= 0.6 is 24.0 Å². The van der Waals surface area contributed by atoms with Crippen LogP contribution in [0.2, 0.25) is 0 Å². The first kappa shape index (κ1) is 23.0. The van der Waals surface area contributed by atoms with Crippen molar-refractivity contribution in [1.82, 2.24) is 4.90 Å². The number of morpholine rings is 1. The van der Waals surface area contributed by atoms with Crippen LogP contribution in [0.5, 0.6) is 0 Å². The van der Waals surface area contributed by atoms with Gasteiger partial charge in [0.15, 0.2) is 5.96 Å². The van der Waals surface area contributed by atoms with Crippen molar-refractivity contribution in [3.8, 4) is 0 Å². The SMILES string of the molecule is CC1CN(Cc2ccccc2CN=C(N)Nc2ccc3c(c2)CCC3)CC(C)O1.I. The molecule has 2 aromatic carbocycles. The number of halogens is 1. The number of anilines is 1. The summed E-state index contributed by atoms with van der Waals surface area (Å²) in [6, 6.07) is 15.0. The zero-order valence-electron chi connectivity index (χ0n) is 17.9. The van der Waals surface area contributed by atoms with Crippen LogP contribution in [0.15, 0.2) is 47.5 Å². The van der Waals surface area contributed by atoms with E-state index >= 15 is 0 Å². The molecule has 0 bridgehead atoms. The minimum absolute atomic E-state index is 0. The van der Waals surface area contributed by atoms with Gasteiger partial charge in [-0.3, -0.25) is 4.90 Å². The van der Waals surface area contributed by atoms with Crippen LogP contribution in [0.4, 0.5) is 5.69 Å². The Balaban J connectivity index is 0.00000256. The van der Waals surface area contributed by atoms with Gasteiger partial charge in [0.2, 0.25) is 0 Å². The van der Waals surface area contributed by atoms with Crippen LogP contribution in [0.25, 0.3) is 0 Å². The molecule has 1 heterocycles. The lowest BCUT2D eigenvalue weighted by Crippen LogP contribution is -2.44. The third kappa shape index (κ3) is 5.95. The number of benzene rings is 2. The van der Waals surface area contributed by atoms with E-state index in [1.54, 1.807) is 0 Å². The van der Waals surface area contributed by atoms with E-state index in [9.17, 15) is 0 Å². The van der Waals surface area contributed by atoms with E-state index in [0.29, 0.717) is 12.5 Å². The van der Waals surface area contributed by atoms with E-state index in [2.05, 4.69) is 71.5 Å². The summed E-state index contributed by atoms with van der Waals surface area (Å²) in [5.41, 5.74) is 12.6. The highest BCUT2D eigenvalue weighted by Crippen LogP contribution is 2.25. The number of hydrogen-bond acceptors (Lipinski definition) is 3. The molecule has 0 aromatic heterocycles. The van der Waals surface area contributed by atoms with E-state index < -0.39 is 0 Å². The maximum atomic E-state index is 6.18. The Morgan fingerprint density at radius 3 is 2.53 bits per heavy atom. The number of fused-ring (bicyclic) bond motifs is 1. The van der Waals surface area contributed by atoms with Crippen LogP contribution in [0.3, 0.4) is 0 Å². The Kier molecular flexibility index (Phi) is 8.13. The molecule has 1 aliphatic carbocycles. The summed E-state index contributed by atoms with van der Waals surface area (Å²) >= 11 is 0. The lowest BCUT2D eigenvalue weighted by atomic mass is 10.1. The molecule has 162 valence electrons. The van der Waals surface area contributed by atoms with E-state index in [4.69, 9.17) is 10.5 Å². The minimum Gasteiger partial charge on any atom is -0.373 e. The van der Waals surface area contributed by atoms with Crippen molar-refractivity contribution >= 4 is 35.6 Å². The first-order chi connectivity index (χ1) is 14.1. The smallest absolute Gasteiger partial charge is 0.193 e. The molecule has 0 spiro atoms. The lowest BCUT2D eigenvalue weighted by molar-refractivity contribution is -0.0705. The summed E-state index contributed by atoms with van der Waals surface area (Å²) in [5, 5.41) is 3.26. The Bertz CT molecular complexity index is 875. The van der Waals surface area contributed by atoms with Gasteiger partial charge >= 0.3 is 0 Å². The number of hydrogen-bond donors (Lipinski definition) is 2. The van der Waals surface area contributed by atoms with Gasteiger partial charge < -0.3 is 15.8 Å². The molecular formula is C24H33IN4O. The maximum Gasteiger partial charge on any atom is 0.193 e. The van der Waals surface area contributed by atoms with E-state index in [-0.39, 0.29) is 36.2 Å². The van der Waals surface area contributed by atoms with Gasteiger partial charge in [0.1, 0.15) is 0 Å². The molecule has 30 heavy (non-hydrogen) atoms. The van der Waals surface area contributed by atoms with Crippen LogP contribution < -0.4 is 11.1 Å². The van der Waals surface area contributed by atoms with Crippen molar-refractivity contribution in [3.05, 3.63) is 64.7 Å². The molecule has 6 heteroatoms. The topological polar surface area (TPSA) is 62.9 Å². The fourth-order valence-corrected chi connectivity index (χ4v) is 4.53. The molecule has 1 saturated heterocycles. The van der Waals surface area contributed by atoms with Crippen LogP contribution in [-0.4, -0.2) is 36.2 Å². The molecule has 0 saturated carbocycles. The number of aryl methyl sites for hydroxylation is 2. The third-order valence-corrected chi connectivity index (χ3v) is 5.80. The molecular weight excluding hydrogens is 487 g/mol. The van der Waals surface area contributed by atoms with E-state index in [0.717, 1.165) is 31.7 Å². The number of rotatable bonds is 5. The number of nitrogens with one attached hydrogen (secondary N) is 1. The summed E-state index contributed by atoms with van der Waals surface area (Å²) in [6.45, 7) is 7.71. The summed E-state index contributed by atoms with van der Waals surface area (Å²) in [4.78, 5) is 7.07. The average Bonchev–Trinajstić information content (AvgIpc) is 3.14. The molecule has 0 amide bonds. The average molecular weight is 520 g/mol. The second-order valence-electron chi connectivity index (χ2n) is 8.38. The van der Waals surface area contributed by atoms with Gasteiger partial charge in [0.05, 0.1) is 18.8 Å². The van der Waals surface area contributed by atoms with Gasteiger partial charge in [-0.05, 0) is 67.5 Å². The van der Waals surface area contributed by atoms with Crippen LogP contribution in [-0.2, 0) is 30.7 Å². The lowest BCUT2D eigenvalue weighted by Gasteiger charge is -2.35. The highest BCUT2D eigenvalue weighted by molar-refractivity contribution is 14.0. The van der Waals surface area contributed by atoms with E-state index in [1.165, 1.54) is 35.1 Å². The second-order valence-corrected chi connectivity index (χ2v) is 8.38. The van der Waals surface area contributed by atoms with Gasteiger partial charge in [-0.2, -0.15) is 0 Å². The zero-order chi connectivity index (χ0) is 20.2. The molecule has 1 aliphatic heterocycles. The predicted molar refractivity (Wildman–Crippen MR) is 135 cm³/mol. The molecule has 1 fully saturated rings. The van der Waals surface area contributed by atoms with Crippen molar-refractivity contribution in [1.29, 1.82) is 0 Å². The van der Waals surface area contributed by atoms with Crippen molar-refractivity contribution < 1.29 is 4.74 Å². The molecule has 4 rings (SSSR count). The highest BCUT2D eigenvalue weighted by atomic mass is 127. The van der Waals surface area contributed by atoms with E-state index in [1.807, 2.05) is 0 Å². The van der Waals surface area contributed by atoms with Crippen molar-refractivity contribution in [2.75, 3.05) is 18.4 Å². The molecule has 2 aliphatic rings. The normalized spacial score (nSPS) is 21.7. The number of guanidine groups is 1. The van der Waals surface area contributed by atoms with Crippen LogP contribution in [0, 0.1) is 0 Å². The van der Waals surface area contributed by atoms with Crippen LogP contribution in [0.1, 0.15) is 42.5 Å². The van der Waals surface area contributed by atoms with Gasteiger partial charge in [0.25, 0.3) is 0 Å². The molecule has 2 atom stereocenters. The fraction of sp³-hybridized carbons (Fsp3) is 0.458. The Hall–Kier alpha value is -1.64. The standard InChI is InChI=1S/C24H32N4O.HI/c1-17-14-28(15-18(2)29-17)16-22-7-4-3-6-21(22)13-26-24(25)27-23-11-10-19-8-5-9-20(19)12-23;/h3-4,6-7,10-12,17-18H,5,8-9,13-16H2,1-2H3,(H3,25,26,27);1H. The Morgan fingerprint density at radius 1 is 1.07 bits per heavy atom. The molecule has 3 N–H and O–H groups in total. The zero-order valence-corrected chi connectivity index (χ0v) is 20.3. The Morgan fingerprint density at radius 2 is 1.77 bits per heavy atom. The number of nitrogens with zero attached hydrogens (tertiary/aromatic N) is 2. The van der Waals surface area contributed by atoms with Gasteiger partial charge in [-0.1, -0.05) is 30.3 Å². The molecule has 0 radical (unpaired) electrons. The summed E-state index contributed by atoms with van der Waals surface area (Å²) in [6.07, 6.45) is 4.15. The first-order valence-electron chi connectivity index (χ1n) is 10.7.